The molecule has 5 heteroatoms. The highest BCUT2D eigenvalue weighted by Gasteiger charge is 2.22. The van der Waals surface area contributed by atoms with Crippen molar-refractivity contribution >= 4 is 11.4 Å². The summed E-state index contributed by atoms with van der Waals surface area (Å²) in [7, 11) is 0. The van der Waals surface area contributed by atoms with E-state index in [1.807, 2.05) is 13.8 Å². The number of nitrogen functional groups attached to an aromatic ring is 1. The molecule has 0 saturated heterocycles. The lowest BCUT2D eigenvalue weighted by Gasteiger charge is -2.29. The number of hydrogen-bond donors (Lipinski definition) is 4. The Morgan fingerprint density at radius 1 is 1.44 bits per heavy atom. The van der Waals surface area contributed by atoms with Crippen molar-refractivity contribution in [2.75, 3.05) is 18.9 Å². The normalized spacial score (nSPS) is 13.1. The number of anilines is 1. The Hall–Kier alpha value is -1.61. The van der Waals surface area contributed by atoms with E-state index in [0.717, 1.165) is 5.56 Å². The van der Waals surface area contributed by atoms with Crippen LogP contribution in [0.15, 0.2) is 18.2 Å². The number of nitrogens with two attached hydrogens (primary N) is 1. The van der Waals surface area contributed by atoms with Crippen LogP contribution < -0.4 is 11.1 Å². The van der Waals surface area contributed by atoms with Crippen molar-refractivity contribution in [3.8, 4) is 0 Å². The molecule has 5 N–H and O–H groups in total. The van der Waals surface area contributed by atoms with Gasteiger partial charge in [0.1, 0.15) is 0 Å². The molecule has 0 heterocycles. The molecule has 0 aliphatic carbocycles. The second-order valence-electron chi connectivity index (χ2n) is 4.85. The van der Waals surface area contributed by atoms with Gasteiger partial charge in [-0.15, -0.1) is 0 Å². The fraction of sp³-hybridized carbons (Fsp3) is 0.462. The van der Waals surface area contributed by atoms with Gasteiger partial charge in [-0.3, -0.25) is 0 Å². The fourth-order valence-corrected chi connectivity index (χ4v) is 1.63. The van der Waals surface area contributed by atoms with Crippen molar-refractivity contribution in [1.29, 1.82) is 0 Å². The van der Waals surface area contributed by atoms with E-state index in [0.29, 0.717) is 11.4 Å². The maximum Gasteiger partial charge on any atom is 0.209 e. The third-order valence-corrected chi connectivity index (χ3v) is 2.72. The Kier molecular flexibility index (Phi) is 4.68. The summed E-state index contributed by atoms with van der Waals surface area (Å²) in [5.41, 5.74) is 6.72. The SMILES string of the molecule is [C-]#[N+]c1cc(C(CO)NC(C)(C)CO)ccc1N. The second kappa shape index (κ2) is 5.83. The van der Waals surface area contributed by atoms with Crippen molar-refractivity contribution in [1.82, 2.24) is 5.32 Å². The third kappa shape index (κ3) is 3.44. The van der Waals surface area contributed by atoms with Gasteiger partial charge in [-0.2, -0.15) is 0 Å². The first kappa shape index (κ1) is 14.5. The highest BCUT2D eigenvalue weighted by Crippen LogP contribution is 2.27. The molecule has 5 nitrogen and oxygen atoms in total. The fourth-order valence-electron chi connectivity index (χ4n) is 1.63. The standard InChI is InChI=1S/C13H19N3O2/c1-13(2,8-18)16-12(7-17)9-4-5-10(14)11(6-9)15-3/h4-6,12,16-18H,7-8,14H2,1-2H3. The second-order valence-corrected chi connectivity index (χ2v) is 4.85. The van der Waals surface area contributed by atoms with Crippen LogP contribution in [0.2, 0.25) is 0 Å². The molecule has 1 aromatic rings. The molecular formula is C13H19N3O2. The molecule has 1 atom stereocenters. The molecular weight excluding hydrogens is 230 g/mol. The van der Waals surface area contributed by atoms with Crippen LogP contribution in [0.3, 0.4) is 0 Å². The van der Waals surface area contributed by atoms with Crippen molar-refractivity contribution in [2.45, 2.75) is 25.4 Å². The van der Waals surface area contributed by atoms with Gasteiger partial charge in [0.25, 0.3) is 0 Å². The van der Waals surface area contributed by atoms with E-state index in [1.165, 1.54) is 0 Å². The molecule has 0 aliphatic heterocycles. The topological polar surface area (TPSA) is 82.9 Å². The van der Waals surface area contributed by atoms with Gasteiger partial charge in [-0.25, -0.2) is 4.85 Å². The number of nitrogens with one attached hydrogen (secondary N) is 1. The molecule has 0 saturated carbocycles. The average Bonchev–Trinajstić information content (AvgIpc) is 2.37. The summed E-state index contributed by atoms with van der Waals surface area (Å²) in [6.45, 7) is 10.5. The first-order valence-corrected chi connectivity index (χ1v) is 5.70. The monoisotopic (exact) mass is 249 g/mol. The first-order valence-electron chi connectivity index (χ1n) is 5.70. The summed E-state index contributed by atoms with van der Waals surface area (Å²) in [6.07, 6.45) is 0. The van der Waals surface area contributed by atoms with Gasteiger partial charge in [-0.1, -0.05) is 6.07 Å². The number of benzene rings is 1. The van der Waals surface area contributed by atoms with Crippen molar-refractivity contribution < 1.29 is 10.2 Å². The van der Waals surface area contributed by atoms with Crippen LogP contribution in [0.25, 0.3) is 4.85 Å². The van der Waals surface area contributed by atoms with Crippen LogP contribution in [0.4, 0.5) is 11.4 Å². The summed E-state index contributed by atoms with van der Waals surface area (Å²) in [4.78, 5) is 3.33. The summed E-state index contributed by atoms with van der Waals surface area (Å²) in [5.74, 6) is 0. The summed E-state index contributed by atoms with van der Waals surface area (Å²) >= 11 is 0. The van der Waals surface area contributed by atoms with Gasteiger partial charge in [0, 0.05) is 11.2 Å². The van der Waals surface area contributed by atoms with Crippen molar-refractivity contribution in [3.05, 3.63) is 35.2 Å². The predicted molar refractivity (Wildman–Crippen MR) is 71.2 cm³/mol. The van der Waals surface area contributed by atoms with E-state index in [-0.39, 0.29) is 19.3 Å². The number of rotatable bonds is 5. The van der Waals surface area contributed by atoms with E-state index >= 15 is 0 Å². The molecule has 0 aliphatic rings. The Labute approximate surface area is 107 Å². The minimum Gasteiger partial charge on any atom is -0.407 e. The van der Waals surface area contributed by atoms with Crippen LogP contribution in [0.1, 0.15) is 25.5 Å². The van der Waals surface area contributed by atoms with Crippen molar-refractivity contribution in [2.24, 2.45) is 0 Å². The molecule has 0 aromatic heterocycles. The van der Waals surface area contributed by atoms with Crippen molar-refractivity contribution in [3.63, 3.8) is 0 Å². The van der Waals surface area contributed by atoms with E-state index in [1.54, 1.807) is 18.2 Å². The van der Waals surface area contributed by atoms with Gasteiger partial charge >= 0.3 is 0 Å². The highest BCUT2D eigenvalue weighted by atomic mass is 16.3. The molecule has 0 bridgehead atoms. The van der Waals surface area contributed by atoms with Gasteiger partial charge < -0.3 is 21.3 Å². The Bertz CT molecular complexity index is 452. The van der Waals surface area contributed by atoms with E-state index < -0.39 is 5.54 Å². The first-order chi connectivity index (χ1) is 8.43. The molecule has 0 fully saturated rings. The predicted octanol–water partition coefficient (Wildman–Crippen LogP) is 1.21. The quantitative estimate of drug-likeness (QED) is 0.467. The smallest absolute Gasteiger partial charge is 0.209 e. The minimum absolute atomic E-state index is 0.0475. The summed E-state index contributed by atoms with van der Waals surface area (Å²) < 4.78 is 0. The van der Waals surface area contributed by atoms with Gasteiger partial charge in [-0.05, 0) is 31.5 Å². The summed E-state index contributed by atoms with van der Waals surface area (Å²) in [5, 5.41) is 21.8. The van der Waals surface area contributed by atoms with Crippen LogP contribution in [-0.2, 0) is 0 Å². The van der Waals surface area contributed by atoms with Crippen LogP contribution in [-0.4, -0.2) is 29.0 Å². The molecule has 0 radical (unpaired) electrons. The number of aliphatic hydroxyl groups is 2. The molecule has 1 unspecified atom stereocenters. The van der Waals surface area contributed by atoms with Crippen LogP contribution in [0, 0.1) is 6.57 Å². The Balaban J connectivity index is 3.00. The maximum absolute atomic E-state index is 9.42. The van der Waals surface area contributed by atoms with Crippen LogP contribution >= 0.6 is 0 Å². The number of hydrogen-bond acceptors (Lipinski definition) is 4. The molecule has 1 aromatic carbocycles. The van der Waals surface area contributed by atoms with E-state index in [2.05, 4.69) is 10.2 Å². The van der Waals surface area contributed by atoms with Gasteiger partial charge in [0.2, 0.25) is 5.69 Å². The minimum atomic E-state index is -0.507. The lowest BCUT2D eigenvalue weighted by molar-refractivity contribution is 0.150. The third-order valence-electron chi connectivity index (χ3n) is 2.72. The molecule has 0 amide bonds. The van der Waals surface area contributed by atoms with Crippen LogP contribution in [0.5, 0.6) is 0 Å². The lowest BCUT2D eigenvalue weighted by Crippen LogP contribution is -2.45. The lowest BCUT2D eigenvalue weighted by atomic mass is 10.0. The van der Waals surface area contributed by atoms with Gasteiger partial charge in [0.15, 0.2) is 0 Å². The molecule has 18 heavy (non-hydrogen) atoms. The number of aliphatic hydroxyl groups excluding tert-OH is 2. The maximum atomic E-state index is 9.42. The highest BCUT2D eigenvalue weighted by molar-refractivity contribution is 5.68. The average molecular weight is 249 g/mol. The van der Waals surface area contributed by atoms with Gasteiger partial charge in [0.05, 0.1) is 25.8 Å². The number of nitrogens with zero attached hydrogens (tertiary/aromatic N) is 1. The zero-order valence-corrected chi connectivity index (χ0v) is 10.6. The molecule has 98 valence electrons. The Morgan fingerprint density at radius 3 is 2.61 bits per heavy atom. The molecule has 1 rings (SSSR count). The Morgan fingerprint density at radius 2 is 2.11 bits per heavy atom. The largest absolute Gasteiger partial charge is 0.407 e. The molecule has 0 spiro atoms. The van der Waals surface area contributed by atoms with E-state index in [9.17, 15) is 10.2 Å². The zero-order chi connectivity index (χ0) is 13.8. The van der Waals surface area contributed by atoms with E-state index in [4.69, 9.17) is 12.3 Å². The summed E-state index contributed by atoms with van der Waals surface area (Å²) in [6, 6.07) is 4.74. The zero-order valence-electron chi connectivity index (χ0n) is 10.6.